The summed E-state index contributed by atoms with van der Waals surface area (Å²) in [5.41, 5.74) is 4.82. The number of aldehydes is 1. The van der Waals surface area contributed by atoms with E-state index in [1.165, 1.54) is 6.08 Å². The summed E-state index contributed by atoms with van der Waals surface area (Å²) in [4.78, 5) is 16.8. The number of guanidine groups is 1. The Bertz CT molecular complexity index is 617. The lowest BCUT2D eigenvalue weighted by Gasteiger charge is -2.28. The van der Waals surface area contributed by atoms with Gasteiger partial charge in [0.15, 0.2) is 0 Å². The largest absolute Gasteiger partial charge is 0.298 e. The molecule has 0 spiro atoms. The molecular weight excluding hydrogens is 276 g/mol. The van der Waals surface area contributed by atoms with Gasteiger partial charge in [-0.2, -0.15) is 5.10 Å². The highest BCUT2D eigenvalue weighted by Crippen LogP contribution is 2.19. The van der Waals surface area contributed by atoms with E-state index < -0.39 is 0 Å². The van der Waals surface area contributed by atoms with E-state index in [1.807, 2.05) is 0 Å². The van der Waals surface area contributed by atoms with E-state index in [4.69, 9.17) is 11.6 Å². The summed E-state index contributed by atoms with van der Waals surface area (Å²) >= 11 is 5.84. The molecule has 2 rings (SSSR count). The van der Waals surface area contributed by atoms with Crippen LogP contribution in [-0.2, 0) is 4.79 Å². The number of nitrogens with zero attached hydrogens (tertiary/aromatic N) is 3. The monoisotopic (exact) mass is 288 g/mol. The molecule has 0 bridgehead atoms. The fraction of sp³-hybridized carbons (Fsp3) is 0.0714. The Morgan fingerprint density at radius 2 is 2.15 bits per heavy atom. The molecule has 20 heavy (non-hydrogen) atoms. The number of hydrogen-bond donors (Lipinski definition) is 1. The molecule has 1 aliphatic heterocycles. The van der Waals surface area contributed by atoms with Crippen LogP contribution < -0.4 is 5.43 Å². The summed E-state index contributed by atoms with van der Waals surface area (Å²) in [6, 6.07) is 7.07. The Labute approximate surface area is 122 Å². The first-order valence-electron chi connectivity index (χ1n) is 5.86. The van der Waals surface area contributed by atoms with E-state index in [0.717, 1.165) is 0 Å². The van der Waals surface area contributed by atoms with Crippen molar-refractivity contribution in [3.05, 3.63) is 53.3 Å². The van der Waals surface area contributed by atoms with E-state index >= 15 is 0 Å². The van der Waals surface area contributed by atoms with Crippen LogP contribution in [0, 0.1) is 0 Å². The highest BCUT2D eigenvalue weighted by Gasteiger charge is 2.19. The molecule has 6 heteroatoms. The van der Waals surface area contributed by atoms with Crippen LogP contribution in [-0.4, -0.2) is 23.4 Å². The first kappa shape index (κ1) is 14.0. The van der Waals surface area contributed by atoms with Crippen LogP contribution in [0.4, 0.5) is 5.69 Å². The summed E-state index contributed by atoms with van der Waals surface area (Å²) < 4.78 is 0. The molecule has 0 radical (unpaired) electrons. The molecule has 1 aliphatic rings. The highest BCUT2D eigenvalue weighted by molar-refractivity contribution is 6.30. The van der Waals surface area contributed by atoms with Gasteiger partial charge in [0.1, 0.15) is 6.29 Å². The topological polar surface area (TPSA) is 57.1 Å². The highest BCUT2D eigenvalue weighted by atomic mass is 35.5. The van der Waals surface area contributed by atoms with Crippen LogP contribution in [0.1, 0.15) is 6.92 Å². The molecule has 0 fully saturated rings. The van der Waals surface area contributed by atoms with Gasteiger partial charge in [-0.3, -0.25) is 9.69 Å². The van der Waals surface area contributed by atoms with E-state index in [9.17, 15) is 4.79 Å². The Hall–Kier alpha value is -2.40. The number of allylic oxidation sites excluding steroid dienone is 3. The number of halogens is 1. The van der Waals surface area contributed by atoms with Crippen LogP contribution in [0.25, 0.3) is 0 Å². The van der Waals surface area contributed by atoms with Crippen molar-refractivity contribution in [2.24, 2.45) is 10.1 Å². The molecule has 1 heterocycles. The normalized spacial score (nSPS) is 17.3. The quantitative estimate of drug-likeness (QED) is 0.687. The van der Waals surface area contributed by atoms with Gasteiger partial charge in [-0.15, -0.1) is 0 Å². The number of rotatable bonds is 3. The molecule has 1 N–H and O–H groups in total. The second-order valence-electron chi connectivity index (χ2n) is 4.05. The van der Waals surface area contributed by atoms with Gasteiger partial charge in [-0.05, 0) is 37.3 Å². The van der Waals surface area contributed by atoms with Gasteiger partial charge in [0, 0.05) is 10.7 Å². The van der Waals surface area contributed by atoms with Gasteiger partial charge in [0.05, 0.1) is 17.6 Å². The van der Waals surface area contributed by atoms with Gasteiger partial charge in [0.25, 0.3) is 0 Å². The number of aliphatic imine (C=N–C) groups is 1. The Kier molecular flexibility index (Phi) is 4.32. The minimum Gasteiger partial charge on any atom is -0.298 e. The average Bonchev–Trinajstić information content (AvgIpc) is 2.42. The SMILES string of the molecule is C=C1C=NNC(=Nc2ccc(Cl)cc2)N1/C(C)=C/C=O. The molecule has 0 aliphatic carbocycles. The number of benzene rings is 1. The van der Waals surface area contributed by atoms with Gasteiger partial charge < -0.3 is 0 Å². The Morgan fingerprint density at radius 1 is 1.45 bits per heavy atom. The predicted molar refractivity (Wildman–Crippen MR) is 81.0 cm³/mol. The first-order chi connectivity index (χ1) is 9.61. The zero-order chi connectivity index (χ0) is 14.5. The second-order valence-corrected chi connectivity index (χ2v) is 4.49. The predicted octanol–water partition coefficient (Wildman–Crippen LogP) is 2.83. The fourth-order valence-corrected chi connectivity index (χ4v) is 1.81. The molecule has 0 saturated heterocycles. The Balaban J connectivity index is 2.39. The molecule has 0 aromatic heterocycles. The molecule has 0 unspecified atom stereocenters. The summed E-state index contributed by atoms with van der Waals surface area (Å²) in [5, 5.41) is 4.60. The summed E-state index contributed by atoms with van der Waals surface area (Å²) in [6.07, 6.45) is 3.71. The molecule has 1 aromatic carbocycles. The molecule has 0 amide bonds. The van der Waals surface area contributed by atoms with Crippen molar-refractivity contribution in [2.75, 3.05) is 0 Å². The third-order valence-electron chi connectivity index (χ3n) is 2.60. The minimum atomic E-state index is 0.468. The lowest BCUT2D eigenvalue weighted by molar-refractivity contribution is -0.104. The number of hydrogen-bond acceptors (Lipinski definition) is 3. The van der Waals surface area contributed by atoms with Gasteiger partial charge in [-0.1, -0.05) is 18.2 Å². The second kappa shape index (κ2) is 6.16. The van der Waals surface area contributed by atoms with Crippen molar-refractivity contribution in [2.45, 2.75) is 6.92 Å². The third-order valence-corrected chi connectivity index (χ3v) is 2.85. The van der Waals surface area contributed by atoms with E-state index in [-0.39, 0.29) is 0 Å². The maximum absolute atomic E-state index is 10.6. The van der Waals surface area contributed by atoms with E-state index in [1.54, 1.807) is 42.3 Å². The zero-order valence-electron chi connectivity index (χ0n) is 10.9. The maximum atomic E-state index is 10.6. The third kappa shape index (κ3) is 3.13. The lowest BCUT2D eigenvalue weighted by Crippen LogP contribution is -2.40. The van der Waals surface area contributed by atoms with Crippen LogP contribution in [0.5, 0.6) is 0 Å². The molecule has 102 valence electrons. The molecule has 0 atom stereocenters. The van der Waals surface area contributed by atoms with Gasteiger partial charge >= 0.3 is 0 Å². The molecular formula is C14H13ClN4O. The first-order valence-corrected chi connectivity index (χ1v) is 6.24. The van der Waals surface area contributed by atoms with Crippen molar-refractivity contribution >= 4 is 35.7 Å². The smallest absolute Gasteiger partial charge is 0.229 e. The lowest BCUT2D eigenvalue weighted by atomic mass is 10.3. The van der Waals surface area contributed by atoms with Crippen LogP contribution >= 0.6 is 11.6 Å². The van der Waals surface area contributed by atoms with Gasteiger partial charge in [0.2, 0.25) is 5.96 Å². The van der Waals surface area contributed by atoms with Crippen molar-refractivity contribution < 1.29 is 4.79 Å². The number of carbonyl (C=O) groups excluding carboxylic acids is 1. The van der Waals surface area contributed by atoms with E-state index in [2.05, 4.69) is 22.1 Å². The summed E-state index contributed by atoms with van der Waals surface area (Å²) in [6.45, 7) is 5.67. The Morgan fingerprint density at radius 3 is 2.80 bits per heavy atom. The van der Waals surface area contributed by atoms with Crippen molar-refractivity contribution in [3.8, 4) is 0 Å². The molecule has 0 saturated carbocycles. The molecule has 5 nitrogen and oxygen atoms in total. The van der Waals surface area contributed by atoms with Gasteiger partial charge in [-0.25, -0.2) is 10.4 Å². The minimum absolute atomic E-state index is 0.468. The van der Waals surface area contributed by atoms with Crippen LogP contribution in [0.2, 0.25) is 5.02 Å². The van der Waals surface area contributed by atoms with Crippen LogP contribution in [0.3, 0.4) is 0 Å². The van der Waals surface area contributed by atoms with Crippen molar-refractivity contribution in [1.82, 2.24) is 10.3 Å². The van der Waals surface area contributed by atoms with Crippen molar-refractivity contribution in [3.63, 3.8) is 0 Å². The summed E-state index contributed by atoms with van der Waals surface area (Å²) in [5.74, 6) is 0.468. The standard InChI is InChI=1S/C14H13ClN4O/c1-10(7-8-20)19-11(2)9-16-18-14(19)17-13-5-3-12(15)4-6-13/h3-9H,2H2,1H3,(H,17,18)/b10-7+. The van der Waals surface area contributed by atoms with E-state index in [0.29, 0.717) is 34.3 Å². The number of carbonyl (C=O) groups is 1. The number of nitrogens with one attached hydrogen (secondary N) is 1. The summed E-state index contributed by atoms with van der Waals surface area (Å²) in [7, 11) is 0. The number of hydrazone groups is 1. The van der Waals surface area contributed by atoms with Crippen molar-refractivity contribution in [1.29, 1.82) is 0 Å². The van der Waals surface area contributed by atoms with Crippen LogP contribution in [0.15, 0.2) is 58.4 Å². The fourth-order valence-electron chi connectivity index (χ4n) is 1.69. The maximum Gasteiger partial charge on any atom is 0.229 e. The average molecular weight is 289 g/mol. The zero-order valence-corrected chi connectivity index (χ0v) is 11.6. The molecule has 1 aromatic rings.